The Labute approximate surface area is 177 Å². The van der Waals surface area contributed by atoms with Crippen LogP contribution in [0.1, 0.15) is 66.2 Å². The van der Waals surface area contributed by atoms with Gasteiger partial charge in [-0.25, -0.2) is 4.39 Å². The number of Topliss-reactive ketones (excluding diaryl/α,β-unsaturated/α-hetero) is 2. The zero-order chi connectivity index (χ0) is 22.0. The minimum atomic E-state index is -0.646. The van der Waals surface area contributed by atoms with E-state index in [9.17, 15) is 19.5 Å². The lowest BCUT2D eigenvalue weighted by Gasteiger charge is -2.59. The van der Waals surface area contributed by atoms with Crippen LogP contribution in [0.15, 0.2) is 11.4 Å². The maximum absolute atomic E-state index is 15.3. The number of aliphatic hydroxyl groups is 1. The highest BCUT2D eigenvalue weighted by atomic mass is 19.1. The summed E-state index contributed by atoms with van der Waals surface area (Å²) in [6, 6.07) is 0. The van der Waals surface area contributed by atoms with E-state index >= 15 is 4.39 Å². The van der Waals surface area contributed by atoms with E-state index in [-0.39, 0.29) is 66.4 Å². The SMILES string of the molecule is CC(=O)OCC(=O)[C@H]1[C@H](C)CC2C3CC(F)=C4CC(=O)CC[C@]4(C)C3[C@@H](O)C[C@@]21C. The highest BCUT2D eigenvalue weighted by molar-refractivity contribution is 5.85. The lowest BCUT2D eigenvalue weighted by molar-refractivity contribution is -0.154. The Morgan fingerprint density at radius 3 is 2.67 bits per heavy atom. The molecule has 3 fully saturated rings. The number of fused-ring (bicyclic) bond motifs is 5. The molecule has 0 aromatic heterocycles. The van der Waals surface area contributed by atoms with Crippen molar-refractivity contribution in [1.29, 1.82) is 0 Å². The molecule has 4 rings (SSSR count). The van der Waals surface area contributed by atoms with Crippen LogP contribution >= 0.6 is 0 Å². The van der Waals surface area contributed by atoms with Crippen LogP contribution in [-0.2, 0) is 19.1 Å². The van der Waals surface area contributed by atoms with Crippen LogP contribution in [0.3, 0.4) is 0 Å². The highest BCUT2D eigenvalue weighted by Crippen LogP contribution is 2.68. The molecule has 166 valence electrons. The van der Waals surface area contributed by atoms with E-state index in [2.05, 4.69) is 6.92 Å². The van der Waals surface area contributed by atoms with Gasteiger partial charge in [-0.3, -0.25) is 14.4 Å². The molecule has 0 heterocycles. The van der Waals surface area contributed by atoms with Crippen LogP contribution in [0.4, 0.5) is 4.39 Å². The number of carbonyl (C=O) groups is 3. The molecule has 30 heavy (non-hydrogen) atoms. The van der Waals surface area contributed by atoms with Gasteiger partial charge in [0.1, 0.15) is 18.2 Å². The number of carbonyl (C=O) groups excluding carboxylic acids is 3. The minimum absolute atomic E-state index is 0.0466. The van der Waals surface area contributed by atoms with Crippen molar-refractivity contribution in [1.82, 2.24) is 0 Å². The predicted octanol–water partition coefficient (Wildman–Crippen LogP) is 3.78. The monoisotopic (exact) mass is 420 g/mol. The molecule has 0 aromatic rings. The maximum atomic E-state index is 15.3. The molecule has 3 saturated carbocycles. The van der Waals surface area contributed by atoms with Gasteiger partial charge in [-0.05, 0) is 59.3 Å². The van der Waals surface area contributed by atoms with E-state index in [0.29, 0.717) is 24.8 Å². The third-order valence-electron chi connectivity index (χ3n) is 9.02. The van der Waals surface area contributed by atoms with E-state index in [4.69, 9.17) is 4.74 Å². The summed E-state index contributed by atoms with van der Waals surface area (Å²) in [4.78, 5) is 36.2. The zero-order valence-corrected chi connectivity index (χ0v) is 18.4. The molecule has 4 aliphatic carbocycles. The number of hydrogen-bond donors (Lipinski definition) is 1. The Morgan fingerprint density at radius 2 is 2.00 bits per heavy atom. The maximum Gasteiger partial charge on any atom is 0.303 e. The Balaban J connectivity index is 1.69. The fourth-order valence-electron chi connectivity index (χ4n) is 8.00. The molecule has 0 amide bonds. The highest BCUT2D eigenvalue weighted by Gasteiger charge is 2.65. The first-order valence-electron chi connectivity index (χ1n) is 11.2. The molecule has 5 nitrogen and oxygen atoms in total. The van der Waals surface area contributed by atoms with Crippen LogP contribution in [0.25, 0.3) is 0 Å². The van der Waals surface area contributed by atoms with Gasteiger partial charge in [0, 0.05) is 32.1 Å². The molecule has 0 aliphatic heterocycles. The van der Waals surface area contributed by atoms with Crippen LogP contribution < -0.4 is 0 Å². The van der Waals surface area contributed by atoms with Crippen LogP contribution in [-0.4, -0.2) is 35.4 Å². The van der Waals surface area contributed by atoms with Gasteiger partial charge in [-0.1, -0.05) is 20.8 Å². The molecule has 3 unspecified atom stereocenters. The van der Waals surface area contributed by atoms with Crippen molar-refractivity contribution in [2.45, 2.75) is 72.3 Å². The molecule has 0 radical (unpaired) electrons. The summed E-state index contributed by atoms with van der Waals surface area (Å²) in [6.07, 6.45) is 2.08. The summed E-state index contributed by atoms with van der Waals surface area (Å²) < 4.78 is 20.3. The lowest BCUT2D eigenvalue weighted by atomic mass is 9.46. The quantitative estimate of drug-likeness (QED) is 0.703. The Kier molecular flexibility index (Phi) is 5.23. The van der Waals surface area contributed by atoms with Crippen molar-refractivity contribution in [2.75, 3.05) is 6.61 Å². The van der Waals surface area contributed by atoms with Crippen molar-refractivity contribution < 1.29 is 28.6 Å². The Hall–Kier alpha value is -1.56. The second-order valence-corrected chi connectivity index (χ2v) is 10.7. The third kappa shape index (κ3) is 3.09. The van der Waals surface area contributed by atoms with E-state index in [1.54, 1.807) is 0 Å². The second-order valence-electron chi connectivity index (χ2n) is 10.7. The first-order chi connectivity index (χ1) is 14.0. The van der Waals surface area contributed by atoms with E-state index in [1.165, 1.54) is 6.92 Å². The molecule has 0 saturated heterocycles. The molecule has 0 spiro atoms. The minimum Gasteiger partial charge on any atom is -0.458 e. The van der Waals surface area contributed by atoms with Gasteiger partial charge in [0.2, 0.25) is 0 Å². The molecule has 0 bridgehead atoms. The van der Waals surface area contributed by atoms with Crippen molar-refractivity contribution in [2.24, 2.45) is 40.4 Å². The van der Waals surface area contributed by atoms with Crippen LogP contribution in [0, 0.1) is 40.4 Å². The van der Waals surface area contributed by atoms with E-state index < -0.39 is 22.9 Å². The van der Waals surface area contributed by atoms with Crippen molar-refractivity contribution in [3.8, 4) is 0 Å². The Morgan fingerprint density at radius 1 is 1.30 bits per heavy atom. The standard InChI is InChI=1S/C24H33FO5/c1-12-7-16-15-9-18(25)17-8-14(27)5-6-23(17,3)22(15)19(28)10-24(16,4)21(12)20(29)11-30-13(2)26/h12,15-16,19,21-22,28H,5-11H2,1-4H3/t12-,15?,16?,19+,21-,22?,23+,24+/m1/s1. The summed E-state index contributed by atoms with van der Waals surface area (Å²) >= 11 is 0. The van der Waals surface area contributed by atoms with Gasteiger partial charge in [0.15, 0.2) is 5.78 Å². The average Bonchev–Trinajstić information content (AvgIpc) is 2.91. The number of ether oxygens (including phenoxy) is 1. The van der Waals surface area contributed by atoms with Crippen molar-refractivity contribution in [3.63, 3.8) is 0 Å². The van der Waals surface area contributed by atoms with E-state index in [1.807, 2.05) is 13.8 Å². The van der Waals surface area contributed by atoms with Crippen LogP contribution in [0.5, 0.6) is 0 Å². The molecule has 1 N–H and O–H groups in total. The first-order valence-corrected chi connectivity index (χ1v) is 11.2. The second kappa shape index (κ2) is 7.25. The smallest absolute Gasteiger partial charge is 0.303 e. The average molecular weight is 421 g/mol. The largest absolute Gasteiger partial charge is 0.458 e. The molecule has 6 heteroatoms. The molecule has 8 atom stereocenters. The topological polar surface area (TPSA) is 80.7 Å². The third-order valence-corrected chi connectivity index (χ3v) is 9.02. The zero-order valence-electron chi connectivity index (χ0n) is 18.4. The molecule has 4 aliphatic rings. The summed E-state index contributed by atoms with van der Waals surface area (Å²) in [6.45, 7) is 7.17. The summed E-state index contributed by atoms with van der Waals surface area (Å²) in [7, 11) is 0. The molecule has 0 aromatic carbocycles. The summed E-state index contributed by atoms with van der Waals surface area (Å²) in [5.74, 6) is -0.921. The molecular weight excluding hydrogens is 387 g/mol. The first kappa shape index (κ1) is 21.7. The number of esters is 1. The van der Waals surface area contributed by atoms with Gasteiger partial charge in [-0.2, -0.15) is 0 Å². The van der Waals surface area contributed by atoms with Gasteiger partial charge >= 0.3 is 5.97 Å². The van der Waals surface area contributed by atoms with Crippen molar-refractivity contribution in [3.05, 3.63) is 11.4 Å². The number of allylic oxidation sites excluding steroid dienone is 2. The number of ketones is 2. The van der Waals surface area contributed by atoms with Gasteiger partial charge in [0.05, 0.1) is 6.10 Å². The summed E-state index contributed by atoms with van der Waals surface area (Å²) in [5.41, 5.74) is -0.336. The normalized spacial score (nSPS) is 45.5. The van der Waals surface area contributed by atoms with Crippen molar-refractivity contribution >= 4 is 17.5 Å². The fourth-order valence-corrected chi connectivity index (χ4v) is 8.00. The predicted molar refractivity (Wildman–Crippen MR) is 108 cm³/mol. The fraction of sp³-hybridized carbons (Fsp3) is 0.792. The number of hydrogen-bond acceptors (Lipinski definition) is 5. The Bertz CT molecular complexity index is 818. The summed E-state index contributed by atoms with van der Waals surface area (Å²) in [5, 5.41) is 11.4. The number of rotatable bonds is 3. The number of halogens is 1. The van der Waals surface area contributed by atoms with Crippen LogP contribution in [0.2, 0.25) is 0 Å². The van der Waals surface area contributed by atoms with Gasteiger partial charge in [0.25, 0.3) is 0 Å². The van der Waals surface area contributed by atoms with Gasteiger partial charge < -0.3 is 9.84 Å². The lowest BCUT2D eigenvalue weighted by Crippen LogP contribution is -2.57. The van der Waals surface area contributed by atoms with E-state index in [0.717, 1.165) is 6.42 Å². The number of aliphatic hydroxyl groups excluding tert-OH is 1. The molecular formula is C24H33FO5. The van der Waals surface area contributed by atoms with Gasteiger partial charge in [-0.15, -0.1) is 0 Å².